The molecule has 0 spiro atoms. The van der Waals surface area contributed by atoms with E-state index in [2.05, 4.69) is 4.99 Å². The van der Waals surface area contributed by atoms with Crippen LogP contribution in [0, 0.1) is 5.92 Å². The van der Waals surface area contributed by atoms with Gasteiger partial charge in [-0.2, -0.15) is 13.2 Å². The Balaban J connectivity index is 2.45. The molecule has 16 heavy (non-hydrogen) atoms. The van der Waals surface area contributed by atoms with Crippen LogP contribution >= 0.6 is 0 Å². The number of halogens is 3. The van der Waals surface area contributed by atoms with Crippen LogP contribution in [0.25, 0.3) is 0 Å². The summed E-state index contributed by atoms with van der Waals surface area (Å²) < 4.78 is 38.2. The molecule has 0 unspecified atom stereocenters. The van der Waals surface area contributed by atoms with Gasteiger partial charge in [-0.25, -0.2) is 0 Å². The summed E-state index contributed by atoms with van der Waals surface area (Å²) >= 11 is 0. The van der Waals surface area contributed by atoms with Crippen molar-refractivity contribution >= 4 is 11.4 Å². The van der Waals surface area contributed by atoms with Gasteiger partial charge >= 0.3 is 6.18 Å². The van der Waals surface area contributed by atoms with Gasteiger partial charge < -0.3 is 0 Å². The lowest BCUT2D eigenvalue weighted by Gasteiger charge is -2.11. The normalized spacial score (nSPS) is 15.2. The molecule has 1 heterocycles. The number of nitrogens with zero attached hydrogens (tertiary/aromatic N) is 1. The molecule has 0 radical (unpaired) electrons. The Bertz CT molecular complexity index is 444. The van der Waals surface area contributed by atoms with E-state index >= 15 is 0 Å². The average Bonchev–Trinajstić information content (AvgIpc) is 2.58. The number of aliphatic imine (C=N–C) groups is 1. The van der Waals surface area contributed by atoms with Crippen molar-refractivity contribution in [1.82, 2.24) is 0 Å². The van der Waals surface area contributed by atoms with Crippen LogP contribution < -0.4 is 0 Å². The zero-order valence-electron chi connectivity index (χ0n) is 9.10. The van der Waals surface area contributed by atoms with E-state index < -0.39 is 11.7 Å². The van der Waals surface area contributed by atoms with E-state index in [9.17, 15) is 13.2 Å². The van der Waals surface area contributed by atoms with E-state index in [1.54, 1.807) is 6.07 Å². The molecule has 0 saturated heterocycles. The first-order valence-corrected chi connectivity index (χ1v) is 5.16. The molecule has 4 heteroatoms. The predicted octanol–water partition coefficient (Wildman–Crippen LogP) is 3.99. The second-order valence-corrected chi connectivity index (χ2v) is 4.24. The smallest absolute Gasteiger partial charge is 0.257 e. The van der Waals surface area contributed by atoms with Gasteiger partial charge in [-0.3, -0.25) is 4.99 Å². The van der Waals surface area contributed by atoms with Gasteiger partial charge in [0.05, 0.1) is 11.3 Å². The minimum Gasteiger partial charge on any atom is -0.257 e. The van der Waals surface area contributed by atoms with Crippen LogP contribution in [0.15, 0.2) is 23.2 Å². The molecule has 0 N–H and O–H groups in total. The molecule has 0 fully saturated rings. The molecule has 86 valence electrons. The number of alkyl halides is 3. The third-order valence-electron chi connectivity index (χ3n) is 2.75. The predicted molar refractivity (Wildman–Crippen MR) is 57.1 cm³/mol. The van der Waals surface area contributed by atoms with Crippen molar-refractivity contribution < 1.29 is 13.2 Å². The molecule has 0 aromatic heterocycles. The Morgan fingerprint density at radius 1 is 1.25 bits per heavy atom. The van der Waals surface area contributed by atoms with Crippen molar-refractivity contribution in [3.05, 3.63) is 29.3 Å². The van der Waals surface area contributed by atoms with Gasteiger partial charge in [0.15, 0.2) is 0 Å². The summed E-state index contributed by atoms with van der Waals surface area (Å²) in [5.74, 6) is 0.188. The fourth-order valence-electron chi connectivity index (χ4n) is 1.84. The van der Waals surface area contributed by atoms with Gasteiger partial charge in [0, 0.05) is 12.1 Å². The molecule has 1 aromatic rings. The summed E-state index contributed by atoms with van der Waals surface area (Å²) in [5, 5.41) is 0. The van der Waals surface area contributed by atoms with Gasteiger partial charge in [-0.05, 0) is 23.6 Å². The quantitative estimate of drug-likeness (QED) is 0.687. The fourth-order valence-corrected chi connectivity index (χ4v) is 1.84. The zero-order valence-corrected chi connectivity index (χ0v) is 9.10. The molecule has 0 saturated carbocycles. The number of rotatable bonds is 1. The number of hydrogen-bond acceptors (Lipinski definition) is 1. The molecule has 1 aromatic carbocycles. The molecule has 1 aliphatic rings. The van der Waals surface area contributed by atoms with Crippen molar-refractivity contribution in [3.8, 4) is 0 Å². The lowest BCUT2D eigenvalue weighted by molar-refractivity contribution is -0.138. The number of benzene rings is 1. The molecule has 1 nitrogen and oxygen atoms in total. The summed E-state index contributed by atoms with van der Waals surface area (Å²) in [6, 6.07) is 4.17. The first kappa shape index (κ1) is 11.2. The molecule has 0 aliphatic carbocycles. The third-order valence-corrected chi connectivity index (χ3v) is 2.75. The van der Waals surface area contributed by atoms with Crippen LogP contribution in [0.1, 0.15) is 25.0 Å². The fraction of sp³-hybridized carbons (Fsp3) is 0.417. The van der Waals surface area contributed by atoms with Crippen LogP contribution in [-0.4, -0.2) is 5.71 Å². The second-order valence-electron chi connectivity index (χ2n) is 4.24. The molecule has 0 bridgehead atoms. The van der Waals surface area contributed by atoms with Crippen LogP contribution in [0.5, 0.6) is 0 Å². The first-order valence-electron chi connectivity index (χ1n) is 5.16. The van der Waals surface area contributed by atoms with Crippen LogP contribution in [-0.2, 0) is 12.6 Å². The molecule has 0 atom stereocenters. The average molecular weight is 227 g/mol. The lowest BCUT2D eigenvalue weighted by Crippen LogP contribution is -2.12. The highest BCUT2D eigenvalue weighted by Gasteiger charge is 2.35. The Kier molecular flexibility index (Phi) is 2.52. The highest BCUT2D eigenvalue weighted by atomic mass is 19.4. The van der Waals surface area contributed by atoms with Crippen LogP contribution in [0.4, 0.5) is 18.9 Å². The molecule has 2 rings (SSSR count). The molecule has 1 aliphatic heterocycles. The zero-order chi connectivity index (χ0) is 11.9. The van der Waals surface area contributed by atoms with Gasteiger partial charge in [0.1, 0.15) is 0 Å². The minimum atomic E-state index is -4.28. The monoisotopic (exact) mass is 227 g/mol. The topological polar surface area (TPSA) is 12.4 Å². The van der Waals surface area contributed by atoms with Crippen molar-refractivity contribution in [2.45, 2.75) is 26.4 Å². The summed E-state index contributed by atoms with van der Waals surface area (Å²) in [6.45, 7) is 3.88. The van der Waals surface area contributed by atoms with Gasteiger partial charge in [0.25, 0.3) is 0 Å². The van der Waals surface area contributed by atoms with Gasteiger partial charge in [-0.15, -0.1) is 0 Å². The van der Waals surface area contributed by atoms with Crippen LogP contribution in [0.2, 0.25) is 0 Å². The maximum atomic E-state index is 12.7. The molecule has 0 amide bonds. The minimum absolute atomic E-state index is 0.188. The maximum absolute atomic E-state index is 12.7. The van der Waals surface area contributed by atoms with Crippen molar-refractivity contribution in [2.24, 2.45) is 10.9 Å². The highest BCUT2D eigenvalue weighted by Crippen LogP contribution is 2.39. The first-order chi connectivity index (χ1) is 7.39. The summed E-state index contributed by atoms with van der Waals surface area (Å²) in [5.41, 5.74) is 1.06. The van der Waals surface area contributed by atoms with Crippen molar-refractivity contribution in [3.63, 3.8) is 0 Å². The Morgan fingerprint density at radius 2 is 1.94 bits per heavy atom. The maximum Gasteiger partial charge on any atom is 0.416 e. The standard InChI is InChI=1S/C12H12F3N/c1-7(2)11-6-8-9(12(13,14)15)4-3-5-10(8)16-11/h3-5,7H,6H2,1-2H3. The Hall–Kier alpha value is -1.32. The van der Waals surface area contributed by atoms with E-state index in [1.165, 1.54) is 6.07 Å². The largest absolute Gasteiger partial charge is 0.416 e. The Morgan fingerprint density at radius 3 is 2.50 bits per heavy atom. The SMILES string of the molecule is CC(C)C1=Nc2cccc(C(F)(F)F)c2C1. The van der Waals surface area contributed by atoms with E-state index in [0.717, 1.165) is 11.8 Å². The van der Waals surface area contributed by atoms with E-state index in [-0.39, 0.29) is 5.92 Å². The summed E-state index contributed by atoms with van der Waals surface area (Å²) in [6.07, 6.45) is -3.96. The van der Waals surface area contributed by atoms with Gasteiger partial charge in [-0.1, -0.05) is 19.9 Å². The van der Waals surface area contributed by atoms with E-state index in [4.69, 9.17) is 0 Å². The third kappa shape index (κ3) is 1.84. The van der Waals surface area contributed by atoms with E-state index in [1.807, 2.05) is 13.8 Å². The van der Waals surface area contributed by atoms with Crippen molar-refractivity contribution in [2.75, 3.05) is 0 Å². The second kappa shape index (κ2) is 3.61. The van der Waals surface area contributed by atoms with Crippen molar-refractivity contribution in [1.29, 1.82) is 0 Å². The number of hydrogen-bond donors (Lipinski definition) is 0. The summed E-state index contributed by atoms with van der Waals surface area (Å²) in [4.78, 5) is 4.24. The van der Waals surface area contributed by atoms with Gasteiger partial charge in [0.2, 0.25) is 0 Å². The molecular formula is C12H12F3N. The highest BCUT2D eigenvalue weighted by molar-refractivity contribution is 5.95. The van der Waals surface area contributed by atoms with Crippen LogP contribution in [0.3, 0.4) is 0 Å². The van der Waals surface area contributed by atoms with E-state index in [0.29, 0.717) is 17.7 Å². The summed E-state index contributed by atoms with van der Waals surface area (Å²) in [7, 11) is 0. The Labute approximate surface area is 92.0 Å². The lowest BCUT2D eigenvalue weighted by atomic mass is 9.98. The number of fused-ring (bicyclic) bond motifs is 1. The molecular weight excluding hydrogens is 215 g/mol.